The maximum absolute atomic E-state index is 11.0. The molecule has 0 aliphatic carbocycles. The zero-order valence-corrected chi connectivity index (χ0v) is 11.6. The molecule has 0 aliphatic rings. The molecule has 7 nitrogen and oxygen atoms in total. The second kappa shape index (κ2) is 6.19. The molecular formula is C14H14N2O5. The highest BCUT2D eigenvalue weighted by molar-refractivity contribution is 5.49. The van der Waals surface area contributed by atoms with Crippen LogP contribution in [-0.4, -0.2) is 22.1 Å². The first kappa shape index (κ1) is 14.7. The molecule has 0 radical (unpaired) electrons. The van der Waals surface area contributed by atoms with Gasteiger partial charge in [0, 0.05) is 11.8 Å². The third-order valence-electron chi connectivity index (χ3n) is 2.79. The Morgan fingerprint density at radius 3 is 2.67 bits per heavy atom. The summed E-state index contributed by atoms with van der Waals surface area (Å²) >= 11 is 0. The number of aromatic nitrogens is 1. The molecule has 0 saturated heterocycles. The van der Waals surface area contributed by atoms with Gasteiger partial charge in [-0.05, 0) is 30.7 Å². The van der Waals surface area contributed by atoms with Crippen molar-refractivity contribution in [2.45, 2.75) is 13.5 Å². The molecular weight excluding hydrogens is 276 g/mol. The molecule has 0 atom stereocenters. The van der Waals surface area contributed by atoms with Crippen LogP contribution in [0.25, 0.3) is 0 Å². The van der Waals surface area contributed by atoms with Crippen molar-refractivity contribution in [1.82, 2.24) is 4.98 Å². The molecule has 1 aromatic heterocycles. The second-order valence-corrected chi connectivity index (χ2v) is 4.28. The van der Waals surface area contributed by atoms with Gasteiger partial charge in [-0.3, -0.25) is 10.1 Å². The molecule has 110 valence electrons. The average Bonchev–Trinajstić information content (AvgIpc) is 2.47. The summed E-state index contributed by atoms with van der Waals surface area (Å²) in [7, 11) is 1.45. The van der Waals surface area contributed by atoms with Crippen LogP contribution in [0.4, 0.5) is 5.69 Å². The number of aryl methyl sites for hydroxylation is 1. The van der Waals surface area contributed by atoms with Crippen molar-refractivity contribution < 1.29 is 19.5 Å². The number of hydrogen-bond acceptors (Lipinski definition) is 6. The van der Waals surface area contributed by atoms with E-state index >= 15 is 0 Å². The van der Waals surface area contributed by atoms with E-state index in [9.17, 15) is 10.1 Å². The van der Waals surface area contributed by atoms with Crippen molar-refractivity contribution in [3.8, 4) is 17.4 Å². The van der Waals surface area contributed by atoms with Gasteiger partial charge in [-0.1, -0.05) is 6.07 Å². The van der Waals surface area contributed by atoms with E-state index < -0.39 is 4.92 Å². The maximum Gasteiger partial charge on any atom is 0.331 e. The number of nitro groups is 1. The number of nitrogens with zero attached hydrogens (tertiary/aromatic N) is 2. The van der Waals surface area contributed by atoms with Gasteiger partial charge in [0.15, 0.2) is 11.5 Å². The largest absolute Gasteiger partial charge is 0.493 e. The summed E-state index contributed by atoms with van der Waals surface area (Å²) in [5.74, 6) is 0.546. The highest BCUT2D eigenvalue weighted by atomic mass is 16.6. The number of aliphatic hydroxyl groups excluding tert-OH is 1. The van der Waals surface area contributed by atoms with Crippen LogP contribution in [0, 0.1) is 17.0 Å². The topological polar surface area (TPSA) is 94.7 Å². The Hall–Kier alpha value is -2.67. The fourth-order valence-electron chi connectivity index (χ4n) is 1.74. The molecule has 1 heterocycles. The normalized spacial score (nSPS) is 10.2. The first-order valence-electron chi connectivity index (χ1n) is 6.13. The van der Waals surface area contributed by atoms with Crippen LogP contribution in [0.5, 0.6) is 17.4 Å². The molecule has 0 fully saturated rings. The summed E-state index contributed by atoms with van der Waals surface area (Å²) in [5.41, 5.74) is 1.02. The van der Waals surface area contributed by atoms with E-state index in [0.29, 0.717) is 17.0 Å². The number of pyridine rings is 1. The minimum Gasteiger partial charge on any atom is -0.493 e. The van der Waals surface area contributed by atoms with E-state index in [1.165, 1.54) is 19.2 Å². The zero-order valence-electron chi connectivity index (χ0n) is 11.6. The van der Waals surface area contributed by atoms with E-state index in [2.05, 4.69) is 4.98 Å². The number of hydrogen-bond donors (Lipinski definition) is 1. The maximum atomic E-state index is 11.0. The molecule has 1 N–H and O–H groups in total. The Morgan fingerprint density at radius 1 is 1.29 bits per heavy atom. The molecule has 1 aromatic carbocycles. The predicted molar refractivity (Wildman–Crippen MR) is 74.6 cm³/mol. The van der Waals surface area contributed by atoms with Crippen molar-refractivity contribution in [2.24, 2.45) is 0 Å². The minimum absolute atomic E-state index is 0.102. The van der Waals surface area contributed by atoms with E-state index in [0.717, 1.165) is 0 Å². The first-order valence-corrected chi connectivity index (χ1v) is 6.13. The smallest absolute Gasteiger partial charge is 0.331 e. The van der Waals surface area contributed by atoms with Crippen LogP contribution >= 0.6 is 0 Å². The van der Waals surface area contributed by atoms with E-state index in [1.807, 2.05) is 0 Å². The second-order valence-electron chi connectivity index (χ2n) is 4.28. The van der Waals surface area contributed by atoms with Crippen molar-refractivity contribution in [1.29, 1.82) is 0 Å². The van der Waals surface area contributed by atoms with Gasteiger partial charge >= 0.3 is 5.69 Å². The van der Waals surface area contributed by atoms with Crippen LogP contribution in [0.3, 0.4) is 0 Å². The number of aliphatic hydroxyl groups is 1. The van der Waals surface area contributed by atoms with Crippen LogP contribution in [0.2, 0.25) is 0 Å². The van der Waals surface area contributed by atoms with E-state index in [1.54, 1.807) is 25.1 Å². The highest BCUT2D eigenvalue weighted by Crippen LogP contribution is 2.35. The standard InChI is InChI=1S/C14H14N2O5/c1-9-3-5-11(16(18)19)14(15-9)21-12-6-4-10(8-17)7-13(12)20-2/h3-7,17H,8H2,1-2H3. The molecule has 0 aliphatic heterocycles. The lowest BCUT2D eigenvalue weighted by molar-refractivity contribution is -0.386. The monoisotopic (exact) mass is 290 g/mol. The van der Waals surface area contributed by atoms with Crippen LogP contribution in [0.15, 0.2) is 30.3 Å². The Labute approximate surface area is 120 Å². The molecule has 7 heteroatoms. The Bertz CT molecular complexity index is 672. The first-order chi connectivity index (χ1) is 10.0. The Morgan fingerprint density at radius 2 is 2.05 bits per heavy atom. The third-order valence-corrected chi connectivity index (χ3v) is 2.79. The summed E-state index contributed by atoms with van der Waals surface area (Å²) in [6.07, 6.45) is 0. The van der Waals surface area contributed by atoms with Gasteiger partial charge in [0.1, 0.15) is 0 Å². The molecule has 0 spiro atoms. The van der Waals surface area contributed by atoms with Gasteiger partial charge < -0.3 is 14.6 Å². The van der Waals surface area contributed by atoms with Gasteiger partial charge in [-0.25, -0.2) is 4.98 Å². The summed E-state index contributed by atoms with van der Waals surface area (Å²) in [6, 6.07) is 7.68. The fraction of sp³-hybridized carbons (Fsp3) is 0.214. The number of rotatable bonds is 5. The zero-order chi connectivity index (χ0) is 15.4. The highest BCUT2D eigenvalue weighted by Gasteiger charge is 2.19. The van der Waals surface area contributed by atoms with E-state index in [-0.39, 0.29) is 23.9 Å². The van der Waals surface area contributed by atoms with Gasteiger partial charge in [-0.15, -0.1) is 0 Å². The van der Waals surface area contributed by atoms with Gasteiger partial charge in [0.2, 0.25) is 0 Å². The summed E-state index contributed by atoms with van der Waals surface area (Å²) in [6.45, 7) is 1.57. The molecule has 0 unspecified atom stereocenters. The SMILES string of the molecule is COc1cc(CO)ccc1Oc1nc(C)ccc1[N+](=O)[O-]. The number of methoxy groups -OCH3 is 1. The third kappa shape index (κ3) is 3.26. The molecule has 21 heavy (non-hydrogen) atoms. The van der Waals surface area contributed by atoms with Crippen molar-refractivity contribution in [3.05, 3.63) is 51.7 Å². The lowest BCUT2D eigenvalue weighted by Gasteiger charge is -2.11. The van der Waals surface area contributed by atoms with Gasteiger partial charge in [-0.2, -0.15) is 0 Å². The lowest BCUT2D eigenvalue weighted by atomic mass is 10.2. The average molecular weight is 290 g/mol. The number of benzene rings is 1. The molecule has 2 rings (SSSR count). The van der Waals surface area contributed by atoms with Crippen molar-refractivity contribution >= 4 is 5.69 Å². The minimum atomic E-state index is -0.559. The Balaban J connectivity index is 2.42. The number of ether oxygens (including phenoxy) is 2. The summed E-state index contributed by atoms with van der Waals surface area (Å²) < 4.78 is 10.7. The molecule has 2 aromatic rings. The van der Waals surface area contributed by atoms with Crippen LogP contribution in [-0.2, 0) is 6.61 Å². The Kier molecular flexibility index (Phi) is 4.34. The quantitative estimate of drug-likeness (QED) is 0.671. The molecule has 0 saturated carbocycles. The van der Waals surface area contributed by atoms with Crippen molar-refractivity contribution in [3.63, 3.8) is 0 Å². The van der Waals surface area contributed by atoms with Crippen molar-refractivity contribution in [2.75, 3.05) is 7.11 Å². The van der Waals surface area contributed by atoms with Crippen LogP contribution < -0.4 is 9.47 Å². The predicted octanol–water partition coefficient (Wildman–Crippen LogP) is 2.59. The molecule has 0 bridgehead atoms. The van der Waals surface area contributed by atoms with E-state index in [4.69, 9.17) is 14.6 Å². The summed E-state index contributed by atoms with van der Waals surface area (Å²) in [4.78, 5) is 14.5. The lowest BCUT2D eigenvalue weighted by Crippen LogP contribution is -1.99. The van der Waals surface area contributed by atoms with Gasteiger partial charge in [0.25, 0.3) is 5.88 Å². The molecule has 0 amide bonds. The van der Waals surface area contributed by atoms with Gasteiger partial charge in [0.05, 0.1) is 18.6 Å². The fourth-order valence-corrected chi connectivity index (χ4v) is 1.74. The summed E-state index contributed by atoms with van der Waals surface area (Å²) in [5, 5.41) is 20.1. The van der Waals surface area contributed by atoms with Crippen LogP contribution in [0.1, 0.15) is 11.3 Å².